The Kier molecular flexibility index (Phi) is 5.56. The second kappa shape index (κ2) is 8.12. The zero-order chi connectivity index (χ0) is 20.5. The third kappa shape index (κ3) is 3.74. The largest absolute Gasteiger partial charge is 0.383 e. The van der Waals surface area contributed by atoms with Crippen LogP contribution in [0.15, 0.2) is 35.5 Å². The third-order valence-corrected chi connectivity index (χ3v) is 6.14. The molecule has 1 fully saturated rings. The lowest BCUT2D eigenvalue weighted by atomic mass is 9.78. The molecule has 0 N–H and O–H groups in total. The van der Waals surface area contributed by atoms with Crippen molar-refractivity contribution in [2.24, 2.45) is 5.92 Å². The molecule has 0 radical (unpaired) electrons. The van der Waals surface area contributed by atoms with Crippen molar-refractivity contribution in [2.45, 2.75) is 31.5 Å². The van der Waals surface area contributed by atoms with Crippen LogP contribution in [0.1, 0.15) is 29.8 Å². The molecule has 1 amide bonds. The van der Waals surface area contributed by atoms with Crippen LogP contribution in [-0.4, -0.2) is 70.7 Å². The van der Waals surface area contributed by atoms with Gasteiger partial charge in [0, 0.05) is 77.2 Å². The Balaban J connectivity index is 1.63. The minimum Gasteiger partial charge on any atom is -0.383 e. The first kappa shape index (κ1) is 19.8. The maximum Gasteiger partial charge on any atom is 0.251 e. The van der Waals surface area contributed by atoms with Crippen LogP contribution in [0.2, 0.25) is 0 Å². The molecule has 8 nitrogen and oxygen atoms in total. The zero-order valence-electron chi connectivity index (χ0n) is 17.3. The number of likely N-dealkylation sites (tertiary alicyclic amines) is 1. The van der Waals surface area contributed by atoms with Gasteiger partial charge in [0.15, 0.2) is 0 Å². The number of likely N-dealkylation sites (N-methyl/N-ethyl adjacent to an activating group) is 1. The Morgan fingerprint density at radius 2 is 2.14 bits per heavy atom. The van der Waals surface area contributed by atoms with E-state index in [1.54, 1.807) is 36.7 Å². The summed E-state index contributed by atoms with van der Waals surface area (Å²) >= 11 is 0. The molecule has 29 heavy (non-hydrogen) atoms. The van der Waals surface area contributed by atoms with Gasteiger partial charge in [-0.1, -0.05) is 6.07 Å². The number of imidazole rings is 1. The second-order valence-electron chi connectivity index (χ2n) is 8.29. The van der Waals surface area contributed by atoms with Crippen LogP contribution in [0, 0.1) is 5.92 Å². The van der Waals surface area contributed by atoms with E-state index in [1.165, 1.54) is 0 Å². The molecular formula is C21H29N5O3. The number of nitrogens with zero attached hydrogens (tertiary/aromatic N) is 5. The number of fused-ring (bicyclic) bond motifs is 4. The molecule has 8 heteroatoms. The Morgan fingerprint density at radius 1 is 1.31 bits per heavy atom. The van der Waals surface area contributed by atoms with Crippen molar-refractivity contribution in [2.75, 3.05) is 40.9 Å². The van der Waals surface area contributed by atoms with Gasteiger partial charge in [-0.05, 0) is 12.5 Å². The normalized spacial score (nSPS) is 23.6. The van der Waals surface area contributed by atoms with E-state index in [9.17, 15) is 9.59 Å². The molecule has 4 heterocycles. The number of rotatable bonds is 6. The highest BCUT2D eigenvalue weighted by molar-refractivity contribution is 5.80. The maximum atomic E-state index is 13.0. The number of ether oxygens (including phenoxy) is 1. The minimum atomic E-state index is -0.439. The van der Waals surface area contributed by atoms with E-state index in [4.69, 9.17) is 4.74 Å². The summed E-state index contributed by atoms with van der Waals surface area (Å²) in [5, 5.41) is 0. The van der Waals surface area contributed by atoms with Crippen molar-refractivity contribution >= 4 is 5.91 Å². The van der Waals surface area contributed by atoms with Gasteiger partial charge >= 0.3 is 0 Å². The lowest BCUT2D eigenvalue weighted by Gasteiger charge is -2.46. The lowest BCUT2D eigenvalue weighted by molar-refractivity contribution is -0.135. The summed E-state index contributed by atoms with van der Waals surface area (Å²) in [5.41, 5.74) is 2.04. The molecule has 2 aliphatic heterocycles. The predicted molar refractivity (Wildman–Crippen MR) is 109 cm³/mol. The van der Waals surface area contributed by atoms with Gasteiger partial charge in [0.2, 0.25) is 5.91 Å². The van der Waals surface area contributed by atoms with Crippen molar-refractivity contribution < 1.29 is 9.53 Å². The first-order chi connectivity index (χ1) is 14.0. The summed E-state index contributed by atoms with van der Waals surface area (Å²) in [4.78, 5) is 34.0. The van der Waals surface area contributed by atoms with Crippen LogP contribution < -0.4 is 5.56 Å². The van der Waals surface area contributed by atoms with Gasteiger partial charge in [0.25, 0.3) is 5.56 Å². The number of carbonyl (C=O) groups excluding carboxylic acids is 1. The summed E-state index contributed by atoms with van der Waals surface area (Å²) in [5.74, 6) is 0.366. The third-order valence-electron chi connectivity index (χ3n) is 6.14. The number of methoxy groups -OCH3 is 1. The molecule has 4 rings (SSSR count). The average Bonchev–Trinajstić information content (AvgIpc) is 3.13. The summed E-state index contributed by atoms with van der Waals surface area (Å²) < 4.78 is 9.07. The molecule has 0 unspecified atom stereocenters. The van der Waals surface area contributed by atoms with Gasteiger partial charge in [-0.2, -0.15) is 0 Å². The molecule has 3 atom stereocenters. The van der Waals surface area contributed by atoms with Crippen LogP contribution in [0.4, 0.5) is 0 Å². The Hall–Kier alpha value is -2.45. The molecule has 2 bridgehead atoms. The average molecular weight is 399 g/mol. The van der Waals surface area contributed by atoms with Crippen LogP contribution in [0.5, 0.6) is 0 Å². The molecule has 156 valence electrons. The molecule has 0 saturated carbocycles. The molecule has 2 aromatic rings. The summed E-state index contributed by atoms with van der Waals surface area (Å²) in [7, 11) is 5.22. The van der Waals surface area contributed by atoms with Crippen molar-refractivity contribution in [3.8, 4) is 0 Å². The fourth-order valence-electron chi connectivity index (χ4n) is 4.84. The molecule has 2 aliphatic rings. The van der Waals surface area contributed by atoms with Crippen LogP contribution >= 0.6 is 0 Å². The summed E-state index contributed by atoms with van der Waals surface area (Å²) in [6, 6.07) is 4.94. The first-order valence-electron chi connectivity index (χ1n) is 10.1. The zero-order valence-corrected chi connectivity index (χ0v) is 17.3. The Labute approximate surface area is 170 Å². The van der Waals surface area contributed by atoms with E-state index in [0.717, 1.165) is 44.0 Å². The van der Waals surface area contributed by atoms with Gasteiger partial charge < -0.3 is 14.2 Å². The monoisotopic (exact) mass is 399 g/mol. The van der Waals surface area contributed by atoms with E-state index >= 15 is 0 Å². The van der Waals surface area contributed by atoms with Crippen molar-refractivity contribution in [3.05, 3.63) is 52.5 Å². The van der Waals surface area contributed by atoms with Crippen molar-refractivity contribution in [1.82, 2.24) is 23.9 Å². The quantitative estimate of drug-likeness (QED) is 0.723. The number of hydrogen-bond acceptors (Lipinski definition) is 5. The number of piperidine rings is 1. The standard InChI is InChI=1S/C21H29N5O3/c1-23(2)21(28)20-16-9-15(18-5-4-6-19(27)26(18)20)11-24(12-16)13-17-10-22-14-25(17)7-8-29-3/h4-6,10,14-16,20H,7-9,11-13H2,1-3H3/t15-,16+,20-/m1/s1. The van der Waals surface area contributed by atoms with Gasteiger partial charge in [-0.25, -0.2) is 4.98 Å². The highest BCUT2D eigenvalue weighted by Gasteiger charge is 2.44. The van der Waals surface area contributed by atoms with Crippen molar-refractivity contribution in [1.29, 1.82) is 0 Å². The lowest BCUT2D eigenvalue weighted by Crippen LogP contribution is -2.53. The second-order valence-corrected chi connectivity index (χ2v) is 8.29. The number of pyridine rings is 1. The topological polar surface area (TPSA) is 72.6 Å². The van der Waals surface area contributed by atoms with E-state index < -0.39 is 6.04 Å². The van der Waals surface area contributed by atoms with E-state index in [-0.39, 0.29) is 23.3 Å². The summed E-state index contributed by atoms with van der Waals surface area (Å²) in [6.07, 6.45) is 4.68. The van der Waals surface area contributed by atoms with E-state index in [1.807, 2.05) is 24.7 Å². The summed E-state index contributed by atoms with van der Waals surface area (Å²) in [6.45, 7) is 3.85. The van der Waals surface area contributed by atoms with E-state index in [0.29, 0.717) is 6.61 Å². The van der Waals surface area contributed by atoms with Gasteiger partial charge in [-0.15, -0.1) is 0 Å². The molecular weight excluding hydrogens is 370 g/mol. The number of amides is 1. The maximum absolute atomic E-state index is 13.0. The SMILES string of the molecule is COCCn1cncc1CN1C[C@H]2C[C@@H](C1)[C@H](C(=O)N(C)C)n1c2cccc1=O. The van der Waals surface area contributed by atoms with Gasteiger partial charge in [0.1, 0.15) is 6.04 Å². The fourth-order valence-corrected chi connectivity index (χ4v) is 4.84. The van der Waals surface area contributed by atoms with Gasteiger partial charge in [0.05, 0.1) is 18.6 Å². The molecule has 0 aliphatic carbocycles. The van der Waals surface area contributed by atoms with Crippen LogP contribution in [-0.2, 0) is 22.6 Å². The van der Waals surface area contributed by atoms with Crippen molar-refractivity contribution in [3.63, 3.8) is 0 Å². The van der Waals surface area contributed by atoms with Crippen LogP contribution in [0.3, 0.4) is 0 Å². The number of hydrogen-bond donors (Lipinski definition) is 0. The predicted octanol–water partition coefficient (Wildman–Crippen LogP) is 0.940. The Morgan fingerprint density at radius 3 is 2.90 bits per heavy atom. The minimum absolute atomic E-state index is 0.00464. The highest BCUT2D eigenvalue weighted by atomic mass is 16.5. The smallest absolute Gasteiger partial charge is 0.251 e. The highest BCUT2D eigenvalue weighted by Crippen LogP contribution is 2.41. The van der Waals surface area contributed by atoms with Crippen LogP contribution in [0.25, 0.3) is 0 Å². The molecule has 1 saturated heterocycles. The molecule has 0 aromatic carbocycles. The van der Waals surface area contributed by atoms with Gasteiger partial charge in [-0.3, -0.25) is 19.1 Å². The number of aromatic nitrogens is 3. The van der Waals surface area contributed by atoms with E-state index in [2.05, 4.69) is 14.5 Å². The number of carbonyl (C=O) groups is 1. The molecule has 2 aromatic heterocycles. The Bertz CT molecular complexity index is 934. The molecule has 0 spiro atoms. The first-order valence-corrected chi connectivity index (χ1v) is 10.1. The fraction of sp³-hybridized carbons (Fsp3) is 0.571.